The molecular formula is C24H30N4O2. The minimum Gasteiger partial charge on any atom is -0.494 e. The maximum atomic E-state index is 13.1. The van der Waals surface area contributed by atoms with Gasteiger partial charge in [-0.25, -0.2) is 0 Å². The van der Waals surface area contributed by atoms with Gasteiger partial charge in [-0.15, -0.1) is 0 Å². The zero-order valence-electron chi connectivity index (χ0n) is 18.0. The number of likely N-dealkylation sites (tertiary alicyclic amines) is 1. The highest BCUT2D eigenvalue weighted by Crippen LogP contribution is 2.31. The van der Waals surface area contributed by atoms with Gasteiger partial charge in [0.25, 0.3) is 5.91 Å². The van der Waals surface area contributed by atoms with Crippen molar-refractivity contribution in [2.75, 3.05) is 25.0 Å². The molecule has 1 aliphatic heterocycles. The minimum absolute atomic E-state index is 0.125. The molecule has 0 aliphatic carbocycles. The first-order valence-electron chi connectivity index (χ1n) is 10.6. The smallest absolute Gasteiger partial charge is 0.257 e. The monoisotopic (exact) mass is 406 g/mol. The molecule has 1 amide bonds. The van der Waals surface area contributed by atoms with Crippen molar-refractivity contribution in [2.24, 2.45) is 0 Å². The maximum Gasteiger partial charge on any atom is 0.257 e. The lowest BCUT2D eigenvalue weighted by atomic mass is 9.88. The molecule has 30 heavy (non-hydrogen) atoms. The van der Waals surface area contributed by atoms with Crippen LogP contribution < -0.4 is 10.1 Å². The number of benzene rings is 1. The number of piperidine rings is 1. The van der Waals surface area contributed by atoms with Crippen LogP contribution in [-0.2, 0) is 0 Å². The van der Waals surface area contributed by atoms with Crippen molar-refractivity contribution < 1.29 is 9.53 Å². The molecule has 1 aliphatic rings. The van der Waals surface area contributed by atoms with Crippen LogP contribution in [0.15, 0.2) is 36.5 Å². The standard InChI is InChI=1S/C24H30N4O2/c1-4-30-21-7-5-20(6-8-21)27-24(29)22-17(2)10-14-26-23(22)19-11-15-28(16-12-19)18(3)9-13-25/h5-8,10,14,18-19H,4,9,11-12,15-16H2,1-3H3,(H,27,29)/t18-/m1/s1. The number of ether oxygens (including phenoxy) is 1. The molecule has 1 saturated heterocycles. The first-order chi connectivity index (χ1) is 14.5. The quantitative estimate of drug-likeness (QED) is 0.731. The van der Waals surface area contributed by atoms with Crippen molar-refractivity contribution in [2.45, 2.75) is 52.0 Å². The number of rotatable bonds is 7. The number of nitrogens with zero attached hydrogens (tertiary/aromatic N) is 3. The molecule has 6 nitrogen and oxygen atoms in total. The summed E-state index contributed by atoms with van der Waals surface area (Å²) in [4.78, 5) is 20.1. The Morgan fingerprint density at radius 2 is 2.00 bits per heavy atom. The van der Waals surface area contributed by atoms with Crippen LogP contribution in [0.25, 0.3) is 0 Å². The summed E-state index contributed by atoms with van der Waals surface area (Å²) < 4.78 is 5.46. The molecule has 0 bridgehead atoms. The first-order valence-corrected chi connectivity index (χ1v) is 10.6. The van der Waals surface area contributed by atoms with Crippen LogP contribution in [0.4, 0.5) is 5.69 Å². The average molecular weight is 407 g/mol. The van der Waals surface area contributed by atoms with Crippen molar-refractivity contribution in [1.29, 1.82) is 5.26 Å². The fourth-order valence-electron chi connectivity index (χ4n) is 4.05. The van der Waals surface area contributed by atoms with Gasteiger partial charge in [-0.05, 0) is 82.6 Å². The van der Waals surface area contributed by atoms with Crippen LogP contribution in [-0.4, -0.2) is 41.5 Å². The van der Waals surface area contributed by atoms with E-state index in [9.17, 15) is 4.79 Å². The number of aryl methyl sites for hydroxylation is 1. The third-order valence-electron chi connectivity index (χ3n) is 5.77. The van der Waals surface area contributed by atoms with Crippen LogP contribution in [0.3, 0.4) is 0 Å². The van der Waals surface area contributed by atoms with Crippen molar-refractivity contribution >= 4 is 11.6 Å². The molecule has 0 unspecified atom stereocenters. The number of anilines is 1. The number of nitrogens with one attached hydrogen (secondary N) is 1. The number of carbonyl (C=O) groups is 1. The molecule has 3 rings (SSSR count). The van der Waals surface area contributed by atoms with E-state index < -0.39 is 0 Å². The van der Waals surface area contributed by atoms with Gasteiger partial charge in [-0.3, -0.25) is 14.7 Å². The van der Waals surface area contributed by atoms with E-state index >= 15 is 0 Å². The third-order valence-corrected chi connectivity index (χ3v) is 5.77. The second-order valence-electron chi connectivity index (χ2n) is 7.82. The Bertz CT molecular complexity index is 896. The second-order valence-corrected chi connectivity index (χ2v) is 7.82. The van der Waals surface area contributed by atoms with Gasteiger partial charge in [0.1, 0.15) is 5.75 Å². The second kappa shape index (κ2) is 10.2. The maximum absolute atomic E-state index is 13.1. The molecule has 1 N–H and O–H groups in total. The number of pyridine rings is 1. The average Bonchev–Trinajstić information content (AvgIpc) is 2.75. The summed E-state index contributed by atoms with van der Waals surface area (Å²) in [5.74, 6) is 0.905. The molecule has 0 saturated carbocycles. The molecule has 2 aromatic rings. The molecule has 1 fully saturated rings. The van der Waals surface area contributed by atoms with E-state index in [1.54, 1.807) is 6.20 Å². The van der Waals surface area contributed by atoms with Crippen LogP contribution in [0.1, 0.15) is 60.6 Å². The molecule has 1 aromatic carbocycles. The van der Waals surface area contributed by atoms with Crippen molar-refractivity contribution in [1.82, 2.24) is 9.88 Å². The van der Waals surface area contributed by atoms with Crippen LogP contribution in [0, 0.1) is 18.3 Å². The number of hydrogen-bond acceptors (Lipinski definition) is 5. The lowest BCUT2D eigenvalue weighted by Gasteiger charge is -2.35. The van der Waals surface area contributed by atoms with Crippen molar-refractivity contribution in [3.05, 3.63) is 53.3 Å². The molecule has 158 valence electrons. The Kier molecular flexibility index (Phi) is 7.42. The summed E-state index contributed by atoms with van der Waals surface area (Å²) in [5, 5.41) is 12.0. The first kappa shape index (κ1) is 21.8. The molecular weight excluding hydrogens is 376 g/mol. The predicted octanol–water partition coefficient (Wildman–Crippen LogP) is 4.52. The van der Waals surface area contributed by atoms with Crippen LogP contribution in [0.2, 0.25) is 0 Å². The normalized spacial score (nSPS) is 15.9. The van der Waals surface area contributed by atoms with Crippen LogP contribution >= 0.6 is 0 Å². The highest BCUT2D eigenvalue weighted by atomic mass is 16.5. The van der Waals surface area contributed by atoms with E-state index in [0.29, 0.717) is 18.6 Å². The molecule has 0 spiro atoms. The molecule has 6 heteroatoms. The Morgan fingerprint density at radius 1 is 1.30 bits per heavy atom. The van der Waals surface area contributed by atoms with Gasteiger partial charge in [-0.1, -0.05) is 0 Å². The van der Waals surface area contributed by atoms with Crippen molar-refractivity contribution in [3.8, 4) is 11.8 Å². The highest BCUT2D eigenvalue weighted by molar-refractivity contribution is 6.06. The molecule has 0 radical (unpaired) electrons. The van der Waals surface area contributed by atoms with Gasteiger partial charge in [0.15, 0.2) is 0 Å². The van der Waals surface area contributed by atoms with Gasteiger partial charge in [-0.2, -0.15) is 5.26 Å². The summed E-state index contributed by atoms with van der Waals surface area (Å²) in [6.45, 7) is 8.45. The van der Waals surface area contributed by atoms with E-state index in [2.05, 4.69) is 28.2 Å². The summed E-state index contributed by atoms with van der Waals surface area (Å²) >= 11 is 0. The summed E-state index contributed by atoms with van der Waals surface area (Å²) in [5.41, 5.74) is 3.22. The van der Waals surface area contributed by atoms with E-state index in [-0.39, 0.29) is 17.9 Å². The van der Waals surface area contributed by atoms with Gasteiger partial charge < -0.3 is 10.1 Å². The molecule has 1 atom stereocenters. The lowest BCUT2D eigenvalue weighted by Crippen LogP contribution is -2.39. The Labute approximate surface area is 178 Å². The number of aromatic nitrogens is 1. The predicted molar refractivity (Wildman–Crippen MR) is 118 cm³/mol. The number of amides is 1. The van der Waals surface area contributed by atoms with E-state index in [1.165, 1.54) is 0 Å². The zero-order chi connectivity index (χ0) is 21.5. The lowest BCUT2D eigenvalue weighted by molar-refractivity contribution is 0.102. The van der Waals surface area contributed by atoms with Gasteiger partial charge in [0.2, 0.25) is 0 Å². The highest BCUT2D eigenvalue weighted by Gasteiger charge is 2.28. The number of nitriles is 1. The Hall–Kier alpha value is -2.91. The SMILES string of the molecule is CCOc1ccc(NC(=O)c2c(C)ccnc2C2CCN([C@H](C)CC#N)CC2)cc1. The van der Waals surface area contributed by atoms with Gasteiger partial charge >= 0.3 is 0 Å². The zero-order valence-corrected chi connectivity index (χ0v) is 18.0. The number of carbonyl (C=O) groups excluding carboxylic acids is 1. The third kappa shape index (κ3) is 5.17. The summed E-state index contributed by atoms with van der Waals surface area (Å²) in [6, 6.07) is 11.8. The van der Waals surface area contributed by atoms with Gasteiger partial charge in [0, 0.05) is 23.8 Å². The van der Waals surface area contributed by atoms with E-state index in [0.717, 1.165) is 48.6 Å². The fraction of sp³-hybridized carbons (Fsp3) is 0.458. The summed E-state index contributed by atoms with van der Waals surface area (Å²) in [6.07, 6.45) is 4.22. The molecule has 1 aromatic heterocycles. The van der Waals surface area contributed by atoms with E-state index in [1.807, 2.05) is 44.2 Å². The topological polar surface area (TPSA) is 78.2 Å². The fourth-order valence-corrected chi connectivity index (χ4v) is 4.05. The Morgan fingerprint density at radius 3 is 2.63 bits per heavy atom. The Balaban J connectivity index is 1.73. The number of hydrogen-bond donors (Lipinski definition) is 1. The van der Waals surface area contributed by atoms with E-state index in [4.69, 9.17) is 10.00 Å². The van der Waals surface area contributed by atoms with Crippen LogP contribution in [0.5, 0.6) is 5.75 Å². The largest absolute Gasteiger partial charge is 0.494 e. The van der Waals surface area contributed by atoms with Crippen molar-refractivity contribution in [3.63, 3.8) is 0 Å². The van der Waals surface area contributed by atoms with Gasteiger partial charge in [0.05, 0.1) is 30.4 Å². The molecule has 2 heterocycles. The minimum atomic E-state index is -0.125. The summed E-state index contributed by atoms with van der Waals surface area (Å²) in [7, 11) is 0.